The SMILES string of the molecule is CCCN(CC)CCNC1CCCOc2c(C)cccc21. The fraction of sp³-hybridized carbons (Fsp3) is 0.667. The fourth-order valence-electron chi connectivity index (χ4n) is 3.12. The van der Waals surface area contributed by atoms with Crippen LogP contribution >= 0.6 is 0 Å². The first-order valence-corrected chi connectivity index (χ1v) is 8.44. The molecule has 1 heterocycles. The van der Waals surface area contributed by atoms with Crippen LogP contribution < -0.4 is 10.1 Å². The average molecular weight is 290 g/mol. The Morgan fingerprint density at radius 2 is 2.14 bits per heavy atom. The summed E-state index contributed by atoms with van der Waals surface area (Å²) in [6.45, 7) is 12.0. The van der Waals surface area contributed by atoms with Crippen molar-refractivity contribution in [2.45, 2.75) is 46.1 Å². The minimum absolute atomic E-state index is 0.433. The lowest BCUT2D eigenvalue weighted by molar-refractivity contribution is 0.280. The van der Waals surface area contributed by atoms with Crippen LogP contribution in [0.1, 0.15) is 50.3 Å². The Balaban J connectivity index is 1.96. The van der Waals surface area contributed by atoms with Gasteiger partial charge in [-0.3, -0.25) is 0 Å². The van der Waals surface area contributed by atoms with Crippen LogP contribution in [0.4, 0.5) is 0 Å². The lowest BCUT2D eigenvalue weighted by Crippen LogP contribution is -2.34. The number of hydrogen-bond acceptors (Lipinski definition) is 3. The number of likely N-dealkylation sites (N-methyl/N-ethyl adjacent to an activating group) is 1. The molecule has 0 fully saturated rings. The van der Waals surface area contributed by atoms with E-state index in [-0.39, 0.29) is 0 Å². The number of benzene rings is 1. The van der Waals surface area contributed by atoms with Crippen molar-refractivity contribution in [3.05, 3.63) is 29.3 Å². The molecule has 0 amide bonds. The maximum absolute atomic E-state index is 5.95. The van der Waals surface area contributed by atoms with Crippen molar-refractivity contribution in [2.24, 2.45) is 0 Å². The van der Waals surface area contributed by atoms with Gasteiger partial charge in [-0.1, -0.05) is 32.0 Å². The van der Waals surface area contributed by atoms with Crippen molar-refractivity contribution >= 4 is 0 Å². The number of ether oxygens (including phenoxy) is 1. The molecule has 0 spiro atoms. The zero-order valence-corrected chi connectivity index (χ0v) is 13.8. The Hall–Kier alpha value is -1.06. The third-order valence-electron chi connectivity index (χ3n) is 4.31. The molecule has 3 nitrogen and oxygen atoms in total. The van der Waals surface area contributed by atoms with Gasteiger partial charge in [0.05, 0.1) is 6.61 Å². The maximum Gasteiger partial charge on any atom is 0.126 e. The Labute approximate surface area is 129 Å². The number of para-hydroxylation sites is 1. The molecule has 1 aromatic rings. The standard InChI is InChI=1S/C18H30N2O/c1-4-12-20(5-2)13-11-19-17-10-7-14-21-18-15(3)8-6-9-16(17)18/h6,8-9,17,19H,4-5,7,10-14H2,1-3H3. The highest BCUT2D eigenvalue weighted by Crippen LogP contribution is 2.33. The van der Waals surface area contributed by atoms with E-state index < -0.39 is 0 Å². The molecule has 21 heavy (non-hydrogen) atoms. The molecule has 2 rings (SSSR count). The summed E-state index contributed by atoms with van der Waals surface area (Å²) in [5.41, 5.74) is 2.59. The topological polar surface area (TPSA) is 24.5 Å². The lowest BCUT2D eigenvalue weighted by atomic mass is 10.00. The van der Waals surface area contributed by atoms with Gasteiger partial charge in [0, 0.05) is 24.7 Å². The van der Waals surface area contributed by atoms with Crippen LogP contribution in [0.5, 0.6) is 5.75 Å². The summed E-state index contributed by atoms with van der Waals surface area (Å²) in [6, 6.07) is 6.94. The number of fused-ring (bicyclic) bond motifs is 1. The van der Waals surface area contributed by atoms with Gasteiger partial charge in [0.2, 0.25) is 0 Å². The first-order valence-electron chi connectivity index (χ1n) is 8.44. The summed E-state index contributed by atoms with van der Waals surface area (Å²) in [4.78, 5) is 2.51. The summed E-state index contributed by atoms with van der Waals surface area (Å²) in [5.74, 6) is 1.11. The number of nitrogens with zero attached hydrogens (tertiary/aromatic N) is 1. The van der Waals surface area contributed by atoms with Gasteiger partial charge in [0.25, 0.3) is 0 Å². The van der Waals surface area contributed by atoms with Crippen LogP contribution in [0.3, 0.4) is 0 Å². The van der Waals surface area contributed by atoms with Crippen LogP contribution in [0, 0.1) is 6.92 Å². The van der Waals surface area contributed by atoms with E-state index in [0.29, 0.717) is 6.04 Å². The second-order valence-corrected chi connectivity index (χ2v) is 5.92. The molecule has 1 atom stereocenters. The third kappa shape index (κ3) is 4.45. The van der Waals surface area contributed by atoms with Gasteiger partial charge in [0.1, 0.15) is 5.75 Å². The minimum Gasteiger partial charge on any atom is -0.493 e. The van der Waals surface area contributed by atoms with E-state index >= 15 is 0 Å². The fourth-order valence-corrected chi connectivity index (χ4v) is 3.12. The van der Waals surface area contributed by atoms with Gasteiger partial charge in [-0.15, -0.1) is 0 Å². The molecule has 118 valence electrons. The van der Waals surface area contributed by atoms with Gasteiger partial charge in [-0.25, -0.2) is 0 Å². The zero-order chi connectivity index (χ0) is 15.1. The molecule has 1 aliphatic heterocycles. The van der Waals surface area contributed by atoms with Crippen molar-refractivity contribution in [1.29, 1.82) is 0 Å². The van der Waals surface area contributed by atoms with E-state index in [2.05, 4.69) is 49.2 Å². The second kappa shape index (κ2) is 8.40. The molecule has 0 aliphatic carbocycles. The maximum atomic E-state index is 5.95. The summed E-state index contributed by atoms with van der Waals surface area (Å²) in [7, 11) is 0. The number of hydrogen-bond donors (Lipinski definition) is 1. The summed E-state index contributed by atoms with van der Waals surface area (Å²) >= 11 is 0. The van der Waals surface area contributed by atoms with Crippen molar-refractivity contribution in [2.75, 3.05) is 32.8 Å². The van der Waals surface area contributed by atoms with E-state index in [1.807, 2.05) is 0 Å². The quantitative estimate of drug-likeness (QED) is 0.831. The van der Waals surface area contributed by atoms with Gasteiger partial charge in [-0.2, -0.15) is 0 Å². The van der Waals surface area contributed by atoms with Crippen molar-refractivity contribution in [3.8, 4) is 5.75 Å². The highest BCUT2D eigenvalue weighted by Gasteiger charge is 2.20. The predicted molar refractivity (Wildman–Crippen MR) is 89.1 cm³/mol. The molecular weight excluding hydrogens is 260 g/mol. The molecule has 0 bridgehead atoms. The van der Waals surface area contributed by atoms with Crippen LogP contribution in [0.2, 0.25) is 0 Å². The highest BCUT2D eigenvalue weighted by molar-refractivity contribution is 5.43. The summed E-state index contributed by atoms with van der Waals surface area (Å²) < 4.78 is 5.95. The summed E-state index contributed by atoms with van der Waals surface area (Å²) in [5, 5.41) is 3.75. The Morgan fingerprint density at radius 3 is 2.90 bits per heavy atom. The van der Waals surface area contributed by atoms with E-state index in [0.717, 1.165) is 44.8 Å². The molecule has 1 aromatic carbocycles. The molecule has 1 N–H and O–H groups in total. The number of rotatable bonds is 7. The Bertz CT molecular complexity index is 433. The number of aryl methyl sites for hydroxylation is 1. The molecule has 0 saturated heterocycles. The summed E-state index contributed by atoms with van der Waals surface area (Å²) in [6.07, 6.45) is 3.52. The van der Waals surface area contributed by atoms with Crippen LogP contribution in [-0.4, -0.2) is 37.7 Å². The second-order valence-electron chi connectivity index (χ2n) is 5.92. The van der Waals surface area contributed by atoms with Crippen LogP contribution in [0.15, 0.2) is 18.2 Å². The van der Waals surface area contributed by atoms with Crippen molar-refractivity contribution in [1.82, 2.24) is 10.2 Å². The van der Waals surface area contributed by atoms with E-state index in [1.54, 1.807) is 0 Å². The molecule has 0 aromatic heterocycles. The smallest absolute Gasteiger partial charge is 0.126 e. The normalized spacial score (nSPS) is 18.2. The molecule has 3 heteroatoms. The average Bonchev–Trinajstić information content (AvgIpc) is 2.70. The highest BCUT2D eigenvalue weighted by atomic mass is 16.5. The monoisotopic (exact) mass is 290 g/mol. The van der Waals surface area contributed by atoms with Gasteiger partial charge in [-0.05, 0) is 44.8 Å². The molecule has 1 aliphatic rings. The first kappa shape index (κ1) is 16.3. The van der Waals surface area contributed by atoms with Crippen molar-refractivity contribution < 1.29 is 4.74 Å². The molecule has 1 unspecified atom stereocenters. The van der Waals surface area contributed by atoms with E-state index in [4.69, 9.17) is 4.74 Å². The first-order chi connectivity index (χ1) is 10.3. The van der Waals surface area contributed by atoms with Crippen LogP contribution in [0.25, 0.3) is 0 Å². The Kier molecular flexibility index (Phi) is 6.52. The minimum atomic E-state index is 0.433. The van der Waals surface area contributed by atoms with Crippen LogP contribution in [-0.2, 0) is 0 Å². The molecular formula is C18H30N2O. The van der Waals surface area contributed by atoms with E-state index in [9.17, 15) is 0 Å². The largest absolute Gasteiger partial charge is 0.493 e. The van der Waals surface area contributed by atoms with Gasteiger partial charge in [0.15, 0.2) is 0 Å². The van der Waals surface area contributed by atoms with E-state index in [1.165, 1.54) is 24.1 Å². The Morgan fingerprint density at radius 1 is 1.29 bits per heavy atom. The van der Waals surface area contributed by atoms with Gasteiger partial charge < -0.3 is 15.0 Å². The number of nitrogens with one attached hydrogen (secondary N) is 1. The van der Waals surface area contributed by atoms with Crippen molar-refractivity contribution in [3.63, 3.8) is 0 Å². The lowest BCUT2D eigenvalue weighted by Gasteiger charge is -2.23. The molecule has 0 radical (unpaired) electrons. The third-order valence-corrected chi connectivity index (χ3v) is 4.31. The van der Waals surface area contributed by atoms with Gasteiger partial charge >= 0.3 is 0 Å². The zero-order valence-electron chi connectivity index (χ0n) is 13.8. The predicted octanol–water partition coefficient (Wildman–Crippen LogP) is 3.53. The molecule has 0 saturated carbocycles.